The van der Waals surface area contributed by atoms with Crippen molar-refractivity contribution in [1.29, 1.82) is 0 Å². The second-order valence-electron chi connectivity index (χ2n) is 6.21. The third-order valence-electron chi connectivity index (χ3n) is 4.67. The molecule has 2 N–H and O–H groups in total. The number of likely N-dealkylation sites (tertiary alicyclic amines) is 1. The molecule has 0 saturated carbocycles. The molecule has 1 aliphatic heterocycles. The second-order valence-corrected chi connectivity index (χ2v) is 6.21. The Morgan fingerprint density at radius 2 is 2.08 bits per heavy atom. The summed E-state index contributed by atoms with van der Waals surface area (Å²) in [6.45, 7) is 1.94. The molecule has 0 spiro atoms. The van der Waals surface area contributed by atoms with E-state index >= 15 is 0 Å². The third-order valence-corrected chi connectivity index (χ3v) is 4.67. The molecule has 1 aromatic carbocycles. The first kappa shape index (κ1) is 16.5. The Hall–Kier alpha value is -2.40. The molecule has 2 aromatic rings. The summed E-state index contributed by atoms with van der Waals surface area (Å²) >= 11 is 0. The molecular weight excluding hydrogens is 302 g/mol. The van der Waals surface area contributed by atoms with Crippen LogP contribution in [0.4, 0.5) is 4.79 Å². The number of hydrogen-bond acceptors (Lipinski definition) is 3. The van der Waals surface area contributed by atoms with Gasteiger partial charge >= 0.3 is 6.03 Å². The molecule has 2 heterocycles. The van der Waals surface area contributed by atoms with Crippen molar-refractivity contribution in [3.8, 4) is 0 Å². The first-order valence-corrected chi connectivity index (χ1v) is 8.35. The van der Waals surface area contributed by atoms with E-state index in [1.54, 1.807) is 12.4 Å². The van der Waals surface area contributed by atoms with E-state index < -0.39 is 0 Å². The Morgan fingerprint density at radius 1 is 1.25 bits per heavy atom. The van der Waals surface area contributed by atoms with Crippen molar-refractivity contribution in [1.82, 2.24) is 15.2 Å². The lowest BCUT2D eigenvalue weighted by molar-refractivity contribution is 0.119. The van der Waals surface area contributed by atoms with E-state index in [-0.39, 0.29) is 24.5 Å². The largest absolute Gasteiger partial charge is 0.396 e. The van der Waals surface area contributed by atoms with Crippen LogP contribution >= 0.6 is 0 Å². The number of benzene rings is 1. The topological polar surface area (TPSA) is 65.5 Å². The standard InChI is InChI=1S/C19H23N3O2/c23-14-17-8-10-22(13-18(17)16-6-2-1-3-7-16)19(24)21-12-15-5-4-9-20-11-15/h1-7,9,11,17-18,23H,8,10,12-14H2,(H,21,24). The Bertz CT molecular complexity index is 648. The van der Waals surface area contributed by atoms with Crippen molar-refractivity contribution < 1.29 is 9.90 Å². The van der Waals surface area contributed by atoms with Crippen LogP contribution in [0.15, 0.2) is 54.9 Å². The van der Waals surface area contributed by atoms with E-state index in [2.05, 4.69) is 22.4 Å². The van der Waals surface area contributed by atoms with Gasteiger partial charge in [0.2, 0.25) is 0 Å². The Kier molecular flexibility index (Phi) is 5.43. The maximum absolute atomic E-state index is 12.5. The first-order chi connectivity index (χ1) is 11.8. The van der Waals surface area contributed by atoms with Crippen molar-refractivity contribution in [3.63, 3.8) is 0 Å². The first-order valence-electron chi connectivity index (χ1n) is 8.35. The zero-order valence-electron chi connectivity index (χ0n) is 13.6. The van der Waals surface area contributed by atoms with Gasteiger partial charge in [0.05, 0.1) is 0 Å². The van der Waals surface area contributed by atoms with Gasteiger partial charge in [-0.3, -0.25) is 4.98 Å². The van der Waals surface area contributed by atoms with Gasteiger partial charge in [0.15, 0.2) is 0 Å². The van der Waals surface area contributed by atoms with Crippen LogP contribution in [0.2, 0.25) is 0 Å². The molecule has 0 bridgehead atoms. The highest BCUT2D eigenvalue weighted by molar-refractivity contribution is 5.74. The van der Waals surface area contributed by atoms with Gasteiger partial charge in [-0.05, 0) is 29.5 Å². The molecule has 1 fully saturated rings. The Labute approximate surface area is 142 Å². The van der Waals surface area contributed by atoms with E-state index in [9.17, 15) is 9.90 Å². The molecule has 1 saturated heterocycles. The fourth-order valence-electron chi connectivity index (χ4n) is 3.27. The van der Waals surface area contributed by atoms with Gasteiger partial charge in [0, 0.05) is 44.6 Å². The fourth-order valence-corrected chi connectivity index (χ4v) is 3.27. The molecule has 1 aliphatic rings. The van der Waals surface area contributed by atoms with Crippen molar-refractivity contribution in [2.24, 2.45) is 5.92 Å². The van der Waals surface area contributed by atoms with Gasteiger partial charge in [-0.2, -0.15) is 0 Å². The maximum Gasteiger partial charge on any atom is 0.317 e. The number of pyridine rings is 1. The van der Waals surface area contributed by atoms with Gasteiger partial charge < -0.3 is 15.3 Å². The van der Waals surface area contributed by atoms with Crippen LogP contribution in [0.5, 0.6) is 0 Å². The van der Waals surface area contributed by atoms with Crippen LogP contribution in [-0.2, 0) is 6.54 Å². The molecule has 0 aliphatic carbocycles. The summed E-state index contributed by atoms with van der Waals surface area (Å²) in [7, 11) is 0. The molecule has 2 amide bonds. The molecule has 5 nitrogen and oxygen atoms in total. The Morgan fingerprint density at radius 3 is 2.79 bits per heavy atom. The van der Waals surface area contributed by atoms with Gasteiger partial charge in [-0.15, -0.1) is 0 Å². The summed E-state index contributed by atoms with van der Waals surface area (Å²) in [6.07, 6.45) is 4.29. The van der Waals surface area contributed by atoms with Gasteiger partial charge in [0.25, 0.3) is 0 Å². The number of carbonyl (C=O) groups is 1. The lowest BCUT2D eigenvalue weighted by Crippen LogP contribution is -2.47. The predicted octanol–water partition coefficient (Wildman–Crippen LogP) is 2.39. The smallest absolute Gasteiger partial charge is 0.317 e. The SMILES string of the molecule is O=C(NCc1cccnc1)N1CCC(CO)C(c2ccccc2)C1. The molecule has 1 aromatic heterocycles. The number of aromatic nitrogens is 1. The lowest BCUT2D eigenvalue weighted by Gasteiger charge is -2.38. The third kappa shape index (κ3) is 3.92. The van der Waals surface area contributed by atoms with E-state index in [1.165, 1.54) is 5.56 Å². The molecule has 0 radical (unpaired) electrons. The summed E-state index contributed by atoms with van der Waals surface area (Å²) in [5.74, 6) is 0.379. The highest BCUT2D eigenvalue weighted by atomic mass is 16.3. The number of amides is 2. The minimum absolute atomic E-state index is 0.0591. The number of nitrogens with zero attached hydrogens (tertiary/aromatic N) is 2. The summed E-state index contributed by atoms with van der Waals surface area (Å²) < 4.78 is 0. The Balaban J connectivity index is 1.63. The van der Waals surface area contributed by atoms with Crippen LogP contribution in [0, 0.1) is 5.92 Å². The molecule has 24 heavy (non-hydrogen) atoms. The molecule has 3 rings (SSSR count). The van der Waals surface area contributed by atoms with Crippen molar-refractivity contribution in [3.05, 3.63) is 66.0 Å². The van der Waals surface area contributed by atoms with Crippen molar-refractivity contribution in [2.75, 3.05) is 19.7 Å². The van der Waals surface area contributed by atoms with Crippen molar-refractivity contribution in [2.45, 2.75) is 18.9 Å². The number of rotatable bonds is 4. The maximum atomic E-state index is 12.5. The van der Waals surface area contributed by atoms with Crippen LogP contribution in [0.25, 0.3) is 0 Å². The van der Waals surface area contributed by atoms with E-state index in [4.69, 9.17) is 0 Å². The van der Waals surface area contributed by atoms with Gasteiger partial charge in [0.1, 0.15) is 0 Å². The summed E-state index contributed by atoms with van der Waals surface area (Å²) in [4.78, 5) is 18.4. The van der Waals surface area contributed by atoms with E-state index in [1.807, 2.05) is 35.2 Å². The van der Waals surface area contributed by atoms with E-state index in [0.717, 1.165) is 12.0 Å². The van der Waals surface area contributed by atoms with Crippen LogP contribution in [-0.4, -0.2) is 40.7 Å². The minimum atomic E-state index is -0.0591. The molecule has 126 valence electrons. The highest BCUT2D eigenvalue weighted by Gasteiger charge is 2.31. The number of aliphatic hydroxyl groups excluding tert-OH is 1. The lowest BCUT2D eigenvalue weighted by atomic mass is 9.81. The average molecular weight is 325 g/mol. The van der Waals surface area contributed by atoms with Gasteiger partial charge in [-0.1, -0.05) is 36.4 Å². The summed E-state index contributed by atoms with van der Waals surface area (Å²) in [5, 5.41) is 12.6. The number of urea groups is 1. The van der Waals surface area contributed by atoms with E-state index in [0.29, 0.717) is 19.6 Å². The number of carbonyl (C=O) groups excluding carboxylic acids is 1. The zero-order chi connectivity index (χ0) is 16.8. The van der Waals surface area contributed by atoms with Crippen LogP contribution in [0.3, 0.4) is 0 Å². The zero-order valence-corrected chi connectivity index (χ0v) is 13.6. The summed E-state index contributed by atoms with van der Waals surface area (Å²) in [5.41, 5.74) is 2.16. The van der Waals surface area contributed by atoms with Crippen molar-refractivity contribution >= 4 is 6.03 Å². The average Bonchev–Trinajstić information content (AvgIpc) is 2.67. The van der Waals surface area contributed by atoms with Gasteiger partial charge in [-0.25, -0.2) is 4.79 Å². The monoisotopic (exact) mass is 325 g/mol. The van der Waals surface area contributed by atoms with Crippen LogP contribution in [0.1, 0.15) is 23.5 Å². The summed E-state index contributed by atoms with van der Waals surface area (Å²) in [6, 6.07) is 13.9. The number of nitrogens with one attached hydrogen (secondary N) is 1. The molecule has 2 atom stereocenters. The normalized spacial score (nSPS) is 20.6. The highest BCUT2D eigenvalue weighted by Crippen LogP contribution is 2.32. The molecule has 2 unspecified atom stereocenters. The molecule has 5 heteroatoms. The number of hydrogen-bond donors (Lipinski definition) is 2. The number of piperidine rings is 1. The number of aliphatic hydroxyl groups is 1. The van der Waals surface area contributed by atoms with Crippen LogP contribution < -0.4 is 5.32 Å². The predicted molar refractivity (Wildman–Crippen MR) is 92.4 cm³/mol. The fraction of sp³-hybridized carbons (Fsp3) is 0.368. The second kappa shape index (κ2) is 7.93. The minimum Gasteiger partial charge on any atom is -0.396 e. The quantitative estimate of drug-likeness (QED) is 0.907. The molecular formula is C19H23N3O2.